The Hall–Kier alpha value is -2.96. The lowest BCUT2D eigenvalue weighted by Crippen LogP contribution is -2.34. The molecule has 154 valence electrons. The molecule has 5 rings (SSSR count). The van der Waals surface area contributed by atoms with E-state index in [2.05, 4.69) is 93.0 Å². The van der Waals surface area contributed by atoms with Crippen molar-refractivity contribution < 1.29 is 0 Å². The van der Waals surface area contributed by atoms with Gasteiger partial charge in [0.05, 0.1) is 12.1 Å². The minimum Gasteiger partial charge on any atom is -0.362 e. The first-order valence-electron chi connectivity index (χ1n) is 10.5. The molecule has 3 heterocycles. The lowest BCUT2D eigenvalue weighted by Gasteiger charge is -2.33. The first kappa shape index (κ1) is 19.0. The zero-order valence-corrected chi connectivity index (χ0v) is 17.5. The van der Waals surface area contributed by atoms with Crippen molar-refractivity contribution in [3.8, 4) is 0 Å². The molecule has 30 heavy (non-hydrogen) atoms. The molecule has 1 aromatic heterocycles. The van der Waals surface area contributed by atoms with Gasteiger partial charge in [0.15, 0.2) is 0 Å². The number of anilines is 2. The highest BCUT2D eigenvalue weighted by Crippen LogP contribution is 2.30. The van der Waals surface area contributed by atoms with Crippen molar-refractivity contribution in [1.82, 2.24) is 19.8 Å². The molecule has 2 aliphatic rings. The second-order valence-electron chi connectivity index (χ2n) is 8.47. The quantitative estimate of drug-likeness (QED) is 0.697. The molecule has 0 bridgehead atoms. The number of aromatic nitrogens is 2. The second kappa shape index (κ2) is 8.05. The van der Waals surface area contributed by atoms with Crippen LogP contribution in [0.2, 0.25) is 0 Å². The fourth-order valence-electron chi connectivity index (χ4n) is 4.69. The third-order valence-corrected chi connectivity index (χ3v) is 6.04. The van der Waals surface area contributed by atoms with Gasteiger partial charge < -0.3 is 10.6 Å². The predicted molar refractivity (Wildman–Crippen MR) is 120 cm³/mol. The summed E-state index contributed by atoms with van der Waals surface area (Å²) in [5.74, 6) is 1.69. The molecular weight excluding hydrogens is 372 g/mol. The molecule has 2 unspecified atom stereocenters. The SMILES string of the molecule is CN1Cc2ccccc2C(Nc2cc(NC3CN(C)Cc4ccccc43)ncn2)C1. The molecule has 0 spiro atoms. The molecule has 0 aliphatic carbocycles. The largest absolute Gasteiger partial charge is 0.362 e. The van der Waals surface area contributed by atoms with Crippen LogP contribution >= 0.6 is 0 Å². The van der Waals surface area contributed by atoms with Gasteiger partial charge in [-0.1, -0.05) is 48.5 Å². The van der Waals surface area contributed by atoms with Gasteiger partial charge in [-0.2, -0.15) is 0 Å². The van der Waals surface area contributed by atoms with Crippen LogP contribution in [0.5, 0.6) is 0 Å². The van der Waals surface area contributed by atoms with E-state index in [-0.39, 0.29) is 12.1 Å². The number of nitrogens with zero attached hydrogens (tertiary/aromatic N) is 4. The normalized spacial score (nSPS) is 21.5. The van der Waals surface area contributed by atoms with Gasteiger partial charge in [-0.05, 0) is 36.3 Å². The maximum atomic E-state index is 4.49. The van der Waals surface area contributed by atoms with Crippen LogP contribution in [0.3, 0.4) is 0 Å². The van der Waals surface area contributed by atoms with Crippen LogP contribution in [0.15, 0.2) is 60.9 Å². The standard InChI is InChI=1S/C24H28N6/c1-29-12-17-7-3-5-9-19(17)21(14-29)27-23-11-24(26-16-25-23)28-22-15-30(2)13-18-8-4-6-10-20(18)22/h3-11,16,21-22H,12-15H2,1-2H3,(H2,25,26,27,28). The van der Waals surface area contributed by atoms with E-state index in [0.29, 0.717) is 0 Å². The molecule has 2 N–H and O–H groups in total. The van der Waals surface area contributed by atoms with Crippen molar-refractivity contribution >= 4 is 11.6 Å². The number of benzene rings is 2. The number of rotatable bonds is 4. The predicted octanol–water partition coefficient (Wildman–Crippen LogP) is 3.67. The molecule has 3 aromatic rings. The van der Waals surface area contributed by atoms with Crippen molar-refractivity contribution in [3.05, 3.63) is 83.2 Å². The molecular formula is C24H28N6. The van der Waals surface area contributed by atoms with E-state index in [1.54, 1.807) is 6.33 Å². The van der Waals surface area contributed by atoms with E-state index in [1.165, 1.54) is 22.3 Å². The van der Waals surface area contributed by atoms with Crippen molar-refractivity contribution in [2.75, 3.05) is 37.8 Å². The van der Waals surface area contributed by atoms with E-state index in [9.17, 15) is 0 Å². The van der Waals surface area contributed by atoms with Gasteiger partial charge in [0.2, 0.25) is 0 Å². The number of fused-ring (bicyclic) bond motifs is 2. The summed E-state index contributed by atoms with van der Waals surface area (Å²) in [5, 5.41) is 7.26. The average Bonchev–Trinajstić information content (AvgIpc) is 2.74. The molecule has 0 fully saturated rings. The van der Waals surface area contributed by atoms with Gasteiger partial charge in [-0.25, -0.2) is 9.97 Å². The van der Waals surface area contributed by atoms with Crippen LogP contribution < -0.4 is 10.6 Å². The maximum Gasteiger partial charge on any atom is 0.131 e. The molecule has 2 atom stereocenters. The molecule has 2 aromatic carbocycles. The summed E-state index contributed by atoms with van der Waals surface area (Å²) in [7, 11) is 4.32. The van der Waals surface area contributed by atoms with Crippen LogP contribution in [-0.2, 0) is 13.1 Å². The first-order chi connectivity index (χ1) is 14.7. The van der Waals surface area contributed by atoms with Crippen molar-refractivity contribution in [3.63, 3.8) is 0 Å². The molecule has 0 amide bonds. The smallest absolute Gasteiger partial charge is 0.131 e. The van der Waals surface area contributed by atoms with Gasteiger partial charge in [0, 0.05) is 32.2 Å². The van der Waals surface area contributed by atoms with Gasteiger partial charge in [0.25, 0.3) is 0 Å². The summed E-state index contributed by atoms with van der Waals surface area (Å²) in [6.07, 6.45) is 1.64. The molecule has 0 saturated carbocycles. The lowest BCUT2D eigenvalue weighted by molar-refractivity contribution is 0.290. The summed E-state index contributed by atoms with van der Waals surface area (Å²) < 4.78 is 0. The van der Waals surface area contributed by atoms with Crippen LogP contribution in [0.25, 0.3) is 0 Å². The zero-order chi connectivity index (χ0) is 20.5. The Labute approximate surface area is 178 Å². The number of hydrogen-bond donors (Lipinski definition) is 2. The molecule has 0 saturated heterocycles. The third-order valence-electron chi connectivity index (χ3n) is 6.04. The third kappa shape index (κ3) is 3.88. The molecule has 6 nitrogen and oxygen atoms in total. The van der Waals surface area contributed by atoms with Crippen LogP contribution in [0.1, 0.15) is 34.3 Å². The van der Waals surface area contributed by atoms with E-state index in [1.807, 2.05) is 6.07 Å². The highest BCUT2D eigenvalue weighted by atomic mass is 15.2. The Bertz CT molecular complexity index is 957. The molecule has 6 heteroatoms. The summed E-state index contributed by atoms with van der Waals surface area (Å²) in [4.78, 5) is 13.7. The summed E-state index contributed by atoms with van der Waals surface area (Å²) in [6, 6.07) is 19.8. The highest BCUT2D eigenvalue weighted by molar-refractivity contribution is 5.51. The van der Waals surface area contributed by atoms with Crippen LogP contribution in [-0.4, -0.2) is 47.0 Å². The Kier molecular flexibility index (Phi) is 5.11. The minimum absolute atomic E-state index is 0.212. The van der Waals surface area contributed by atoms with E-state index < -0.39 is 0 Å². The second-order valence-corrected chi connectivity index (χ2v) is 8.47. The molecule has 2 aliphatic heterocycles. The molecule has 0 radical (unpaired) electrons. The van der Waals surface area contributed by atoms with Gasteiger partial charge in [-0.3, -0.25) is 9.80 Å². The monoisotopic (exact) mass is 400 g/mol. The summed E-state index contributed by atoms with van der Waals surface area (Å²) in [6.45, 7) is 3.87. The summed E-state index contributed by atoms with van der Waals surface area (Å²) >= 11 is 0. The lowest BCUT2D eigenvalue weighted by atomic mass is 9.95. The first-order valence-corrected chi connectivity index (χ1v) is 10.5. The Morgan fingerprint density at radius 1 is 0.733 bits per heavy atom. The Morgan fingerprint density at radius 3 is 1.70 bits per heavy atom. The van der Waals surface area contributed by atoms with Gasteiger partial charge in [0.1, 0.15) is 18.0 Å². The Balaban J connectivity index is 1.36. The number of hydrogen-bond acceptors (Lipinski definition) is 6. The fraction of sp³-hybridized carbons (Fsp3) is 0.333. The Morgan fingerprint density at radius 2 is 1.20 bits per heavy atom. The topological polar surface area (TPSA) is 56.3 Å². The minimum atomic E-state index is 0.212. The van der Waals surface area contributed by atoms with Crippen molar-refractivity contribution in [2.45, 2.75) is 25.2 Å². The van der Waals surface area contributed by atoms with E-state index >= 15 is 0 Å². The fourth-order valence-corrected chi connectivity index (χ4v) is 4.69. The van der Waals surface area contributed by atoms with E-state index in [0.717, 1.165) is 37.8 Å². The van der Waals surface area contributed by atoms with Crippen molar-refractivity contribution in [2.24, 2.45) is 0 Å². The average molecular weight is 401 g/mol. The van der Waals surface area contributed by atoms with Crippen LogP contribution in [0, 0.1) is 0 Å². The van der Waals surface area contributed by atoms with E-state index in [4.69, 9.17) is 0 Å². The maximum absolute atomic E-state index is 4.49. The van der Waals surface area contributed by atoms with Crippen LogP contribution in [0.4, 0.5) is 11.6 Å². The zero-order valence-electron chi connectivity index (χ0n) is 17.5. The van der Waals surface area contributed by atoms with Gasteiger partial charge in [-0.15, -0.1) is 0 Å². The number of likely N-dealkylation sites (N-methyl/N-ethyl adjacent to an activating group) is 2. The van der Waals surface area contributed by atoms with Crippen molar-refractivity contribution in [1.29, 1.82) is 0 Å². The number of nitrogens with one attached hydrogen (secondary N) is 2. The summed E-state index contributed by atoms with van der Waals surface area (Å²) in [5.41, 5.74) is 5.45. The highest BCUT2D eigenvalue weighted by Gasteiger charge is 2.25. The van der Waals surface area contributed by atoms with Gasteiger partial charge >= 0.3 is 0 Å².